The van der Waals surface area contributed by atoms with E-state index in [1.54, 1.807) is 6.20 Å². The second-order valence-corrected chi connectivity index (χ2v) is 9.05. The SMILES string of the molecule is N#Cc1cnc(N[C@H]2CC[C@@H](Oc3nc(N4CCOCC4)cc4ncc(-c5nn[nH]n5)cc34)CC2)nc1. The largest absolute Gasteiger partial charge is 0.474 e. The predicted octanol–water partition coefficient (Wildman–Crippen LogP) is 2.11. The molecule has 2 aliphatic rings. The van der Waals surface area contributed by atoms with Gasteiger partial charge in [-0.15, -0.1) is 10.2 Å². The maximum Gasteiger partial charge on any atom is 0.225 e. The van der Waals surface area contributed by atoms with Crippen molar-refractivity contribution < 1.29 is 9.47 Å². The van der Waals surface area contributed by atoms with Gasteiger partial charge < -0.3 is 19.7 Å². The second-order valence-electron chi connectivity index (χ2n) is 9.05. The van der Waals surface area contributed by atoms with Gasteiger partial charge in [-0.2, -0.15) is 15.5 Å². The van der Waals surface area contributed by atoms with Crippen molar-refractivity contribution in [3.05, 3.63) is 36.3 Å². The van der Waals surface area contributed by atoms with E-state index >= 15 is 0 Å². The van der Waals surface area contributed by atoms with E-state index in [0.717, 1.165) is 61.1 Å². The topological polar surface area (TPSA) is 164 Å². The molecule has 5 heterocycles. The normalized spacial score (nSPS) is 19.9. The van der Waals surface area contributed by atoms with Crippen molar-refractivity contribution in [3.8, 4) is 23.3 Å². The van der Waals surface area contributed by atoms with Crippen LogP contribution >= 0.6 is 0 Å². The minimum atomic E-state index is 0.0180. The predicted molar refractivity (Wildman–Crippen MR) is 133 cm³/mol. The molecule has 4 aromatic rings. The van der Waals surface area contributed by atoms with E-state index < -0.39 is 0 Å². The molecule has 2 fully saturated rings. The second kappa shape index (κ2) is 10.3. The molecule has 37 heavy (non-hydrogen) atoms. The van der Waals surface area contributed by atoms with Gasteiger partial charge in [-0.1, -0.05) is 0 Å². The lowest BCUT2D eigenvalue weighted by Crippen LogP contribution is -2.37. The van der Waals surface area contributed by atoms with Gasteiger partial charge in [-0.25, -0.2) is 9.97 Å². The number of hydrogen-bond donors (Lipinski definition) is 2. The van der Waals surface area contributed by atoms with Crippen molar-refractivity contribution in [3.63, 3.8) is 0 Å². The molecule has 0 atom stereocenters. The Labute approximate surface area is 212 Å². The van der Waals surface area contributed by atoms with Crippen molar-refractivity contribution in [1.29, 1.82) is 5.26 Å². The number of rotatable bonds is 6. The number of aromatic amines is 1. The van der Waals surface area contributed by atoms with Crippen molar-refractivity contribution in [2.24, 2.45) is 0 Å². The molecule has 0 bridgehead atoms. The van der Waals surface area contributed by atoms with E-state index in [1.807, 2.05) is 18.2 Å². The van der Waals surface area contributed by atoms with Crippen LogP contribution in [0, 0.1) is 11.3 Å². The molecule has 13 heteroatoms. The van der Waals surface area contributed by atoms with Crippen LogP contribution in [-0.4, -0.2) is 79.0 Å². The summed E-state index contributed by atoms with van der Waals surface area (Å²) in [5.74, 6) is 2.39. The third kappa shape index (κ3) is 5.10. The van der Waals surface area contributed by atoms with E-state index in [9.17, 15) is 0 Å². The van der Waals surface area contributed by atoms with Crippen molar-refractivity contribution in [2.75, 3.05) is 36.5 Å². The number of morpholine rings is 1. The Morgan fingerprint density at radius 3 is 2.59 bits per heavy atom. The standard InChI is InChI=1S/C24H25N11O2/c25-11-15-12-27-24(28-13-15)29-17-1-3-18(4-2-17)37-23-19-9-16(22-31-33-34-32-22)14-26-20(19)10-21(30-23)35-5-7-36-8-6-35/h9-10,12-14,17-18H,1-8H2,(H,27,28,29)(H,31,32,33,34)/t17-,18+. The van der Waals surface area contributed by atoms with Crippen LogP contribution in [0.2, 0.25) is 0 Å². The summed E-state index contributed by atoms with van der Waals surface area (Å²) in [6.45, 7) is 2.88. The first kappa shape index (κ1) is 23.0. The third-order valence-corrected chi connectivity index (χ3v) is 6.64. The zero-order valence-electron chi connectivity index (χ0n) is 20.0. The van der Waals surface area contributed by atoms with E-state index in [4.69, 9.17) is 19.7 Å². The summed E-state index contributed by atoms with van der Waals surface area (Å²) in [7, 11) is 0. The molecule has 6 rings (SSSR count). The monoisotopic (exact) mass is 499 g/mol. The summed E-state index contributed by atoms with van der Waals surface area (Å²) in [6, 6.07) is 6.22. The highest BCUT2D eigenvalue weighted by molar-refractivity contribution is 5.88. The fourth-order valence-electron chi connectivity index (χ4n) is 4.66. The van der Waals surface area contributed by atoms with Gasteiger partial charge in [-0.05, 0) is 37.0 Å². The van der Waals surface area contributed by atoms with Crippen LogP contribution in [-0.2, 0) is 4.74 Å². The number of tetrazole rings is 1. The molecule has 1 saturated carbocycles. The van der Waals surface area contributed by atoms with Gasteiger partial charge in [0.2, 0.25) is 17.7 Å². The highest BCUT2D eigenvalue weighted by atomic mass is 16.5. The van der Waals surface area contributed by atoms with Crippen LogP contribution in [0.25, 0.3) is 22.3 Å². The number of nitrogens with zero attached hydrogens (tertiary/aromatic N) is 9. The number of anilines is 2. The minimum absolute atomic E-state index is 0.0180. The van der Waals surface area contributed by atoms with Crippen LogP contribution in [0.1, 0.15) is 31.2 Å². The van der Waals surface area contributed by atoms with Gasteiger partial charge in [0.1, 0.15) is 18.0 Å². The smallest absolute Gasteiger partial charge is 0.225 e. The lowest BCUT2D eigenvalue weighted by atomic mass is 9.93. The van der Waals surface area contributed by atoms with Gasteiger partial charge in [-0.3, -0.25) is 4.98 Å². The quantitative estimate of drug-likeness (QED) is 0.398. The van der Waals surface area contributed by atoms with Gasteiger partial charge in [0, 0.05) is 37.0 Å². The molecular weight excluding hydrogens is 474 g/mol. The summed E-state index contributed by atoms with van der Waals surface area (Å²) >= 11 is 0. The Morgan fingerprint density at radius 1 is 1.05 bits per heavy atom. The van der Waals surface area contributed by atoms with Crippen LogP contribution in [0.4, 0.5) is 11.8 Å². The molecule has 13 nitrogen and oxygen atoms in total. The fourth-order valence-corrected chi connectivity index (χ4v) is 4.66. The molecule has 2 N–H and O–H groups in total. The Kier molecular flexibility index (Phi) is 6.38. The Bertz CT molecular complexity index is 1390. The Morgan fingerprint density at radius 2 is 1.86 bits per heavy atom. The fraction of sp³-hybridized carbons (Fsp3) is 0.417. The van der Waals surface area contributed by atoms with E-state index in [2.05, 4.69) is 45.8 Å². The van der Waals surface area contributed by atoms with Crippen LogP contribution in [0.3, 0.4) is 0 Å². The number of aromatic nitrogens is 8. The molecular formula is C24H25N11O2. The Balaban J connectivity index is 1.21. The Hall–Kier alpha value is -4.44. The maximum atomic E-state index is 8.93. The molecule has 4 aromatic heterocycles. The number of hydrogen-bond acceptors (Lipinski definition) is 12. The van der Waals surface area contributed by atoms with E-state index in [0.29, 0.717) is 36.4 Å². The van der Waals surface area contributed by atoms with Gasteiger partial charge in [0.15, 0.2) is 0 Å². The lowest BCUT2D eigenvalue weighted by molar-refractivity contribution is 0.122. The van der Waals surface area contributed by atoms with Crippen LogP contribution in [0.5, 0.6) is 5.88 Å². The number of pyridine rings is 2. The number of fused-ring (bicyclic) bond motifs is 1. The molecule has 0 amide bonds. The number of H-pyrrole nitrogens is 1. The van der Waals surface area contributed by atoms with Crippen molar-refractivity contribution >= 4 is 22.7 Å². The highest BCUT2D eigenvalue weighted by Crippen LogP contribution is 2.33. The zero-order valence-corrected chi connectivity index (χ0v) is 20.0. The zero-order chi connectivity index (χ0) is 25.0. The summed E-state index contributed by atoms with van der Waals surface area (Å²) in [6.07, 6.45) is 8.33. The molecule has 0 aromatic carbocycles. The van der Waals surface area contributed by atoms with E-state index in [1.165, 1.54) is 12.4 Å². The first-order valence-electron chi connectivity index (χ1n) is 12.3. The average molecular weight is 500 g/mol. The van der Waals surface area contributed by atoms with Crippen LogP contribution < -0.4 is 15.0 Å². The third-order valence-electron chi connectivity index (χ3n) is 6.64. The molecule has 1 saturated heterocycles. The first-order chi connectivity index (χ1) is 18.2. The lowest BCUT2D eigenvalue weighted by Gasteiger charge is -2.31. The van der Waals surface area contributed by atoms with Crippen molar-refractivity contribution in [2.45, 2.75) is 37.8 Å². The van der Waals surface area contributed by atoms with Gasteiger partial charge in [0.05, 0.1) is 42.1 Å². The summed E-state index contributed by atoms with van der Waals surface area (Å²) in [5.41, 5.74) is 1.98. The summed E-state index contributed by atoms with van der Waals surface area (Å²) in [4.78, 5) is 20.2. The molecule has 0 spiro atoms. The molecule has 1 aliphatic heterocycles. The van der Waals surface area contributed by atoms with Gasteiger partial charge >= 0.3 is 0 Å². The van der Waals surface area contributed by atoms with Crippen LogP contribution in [0.15, 0.2) is 30.7 Å². The molecule has 1 aliphatic carbocycles. The highest BCUT2D eigenvalue weighted by Gasteiger charge is 2.25. The molecule has 188 valence electrons. The minimum Gasteiger partial charge on any atom is -0.474 e. The van der Waals surface area contributed by atoms with Gasteiger partial charge in [0.25, 0.3) is 0 Å². The molecule has 0 radical (unpaired) electrons. The summed E-state index contributed by atoms with van der Waals surface area (Å²) < 4.78 is 12.0. The number of nitriles is 1. The first-order valence-corrected chi connectivity index (χ1v) is 12.3. The summed E-state index contributed by atoms with van der Waals surface area (Å²) in [5, 5.41) is 27.4. The molecule has 0 unspecified atom stereocenters. The average Bonchev–Trinajstić information content (AvgIpc) is 3.50. The van der Waals surface area contributed by atoms with E-state index in [-0.39, 0.29) is 12.1 Å². The maximum absolute atomic E-state index is 8.93. The van der Waals surface area contributed by atoms with Crippen molar-refractivity contribution in [1.82, 2.24) is 40.6 Å². The number of nitrogens with one attached hydrogen (secondary N) is 2. The number of ether oxygens (including phenoxy) is 2.